The first-order valence-electron chi connectivity index (χ1n) is 11.4. The van der Waals surface area contributed by atoms with Gasteiger partial charge in [0.25, 0.3) is 11.4 Å². The van der Waals surface area contributed by atoms with Crippen LogP contribution in [-0.4, -0.2) is 92.1 Å². The molecule has 2 N–H and O–H groups in total. The number of non-ortho nitro benzene ring substituents is 2. The molecule has 5 atom stereocenters. The summed E-state index contributed by atoms with van der Waals surface area (Å²) in [6.45, 7) is -1.21. The first-order chi connectivity index (χ1) is 20.0. The van der Waals surface area contributed by atoms with Crippen LogP contribution in [0.5, 0.6) is 0 Å². The third-order valence-corrected chi connectivity index (χ3v) is 6.45. The number of ether oxygens (including phenoxy) is 4. The van der Waals surface area contributed by atoms with Gasteiger partial charge in [-0.3, -0.25) is 29.3 Å². The maximum Gasteiger partial charge on any atom is 1.00 e. The number of carbonyl (C=O) groups excluding carboxylic acids is 2. The van der Waals surface area contributed by atoms with Gasteiger partial charge in [-0.1, -0.05) is 0 Å². The molecule has 1 saturated heterocycles. The maximum atomic E-state index is 13.0. The fourth-order valence-electron chi connectivity index (χ4n) is 3.69. The molecule has 0 unspecified atom stereocenters. The molecule has 0 aromatic heterocycles. The Morgan fingerprint density at radius 3 is 1.59 bits per heavy atom. The van der Waals surface area contributed by atoms with Crippen molar-refractivity contribution in [3.8, 4) is 0 Å². The quantitative estimate of drug-likeness (QED) is 0.0781. The predicted molar refractivity (Wildman–Crippen MR) is 134 cm³/mol. The van der Waals surface area contributed by atoms with E-state index in [1.165, 1.54) is 0 Å². The van der Waals surface area contributed by atoms with Crippen molar-refractivity contribution in [3.05, 3.63) is 79.9 Å². The number of benzene rings is 2. The Kier molecular flexibility index (Phi) is 12.8. The van der Waals surface area contributed by atoms with E-state index in [2.05, 4.69) is 8.37 Å². The van der Waals surface area contributed by atoms with Crippen LogP contribution in [0.15, 0.2) is 48.5 Å². The van der Waals surface area contributed by atoms with Crippen molar-refractivity contribution >= 4 is 44.1 Å². The van der Waals surface area contributed by atoms with Crippen LogP contribution in [0.4, 0.5) is 11.4 Å². The molecule has 1 fully saturated rings. The first-order valence-corrected chi connectivity index (χ1v) is 14.1. The molecule has 0 aliphatic carbocycles. The summed E-state index contributed by atoms with van der Waals surface area (Å²) in [4.78, 5) is 46.3. The Morgan fingerprint density at radius 1 is 0.795 bits per heavy atom. The van der Waals surface area contributed by atoms with E-state index in [4.69, 9.17) is 23.5 Å². The number of rotatable bonds is 12. The number of hydrogen-bond donors (Lipinski definition) is 2. The summed E-state index contributed by atoms with van der Waals surface area (Å²) in [6, 6.07) is 7.70. The molecule has 2 aromatic carbocycles. The van der Waals surface area contributed by atoms with E-state index in [1.54, 1.807) is 0 Å². The fraction of sp³-hybridized carbons (Fsp3) is 0.333. The molecule has 0 spiro atoms. The number of esters is 2. The minimum Gasteiger partial charge on any atom is -0.452 e. The smallest absolute Gasteiger partial charge is 0.452 e. The second-order valence-corrected chi connectivity index (χ2v) is 10.5. The van der Waals surface area contributed by atoms with Crippen molar-refractivity contribution < 1.29 is 102 Å². The van der Waals surface area contributed by atoms with Gasteiger partial charge in [-0.15, -0.1) is 0 Å². The third kappa shape index (κ3) is 10.2. The van der Waals surface area contributed by atoms with Crippen LogP contribution in [0.1, 0.15) is 20.7 Å². The second kappa shape index (κ2) is 15.2. The number of hydrogen-bond acceptors (Lipinski definition) is 16. The molecule has 1 aliphatic heterocycles. The van der Waals surface area contributed by atoms with Gasteiger partial charge >= 0.3 is 62.3 Å². The zero-order valence-corrected chi connectivity index (χ0v) is 26.0. The summed E-state index contributed by atoms with van der Waals surface area (Å²) in [6.07, 6.45) is -10.1. The summed E-state index contributed by atoms with van der Waals surface area (Å²) >= 11 is 0. The van der Waals surface area contributed by atoms with Crippen molar-refractivity contribution in [1.29, 1.82) is 0 Å². The van der Waals surface area contributed by atoms with E-state index in [0.29, 0.717) is 0 Å². The van der Waals surface area contributed by atoms with Crippen LogP contribution in [0.2, 0.25) is 0 Å². The van der Waals surface area contributed by atoms with Crippen LogP contribution in [0.3, 0.4) is 0 Å². The summed E-state index contributed by atoms with van der Waals surface area (Å²) in [5.74, 6) is -2.55. The number of nitro groups is 2. The standard InChI is InChI=1S/C21H20N2O18S2.Na/c1-36-21-18(40-20(25)12-4-8-14(9-5-12)23(28)29)17(39-19(24)11-2-6-13(7-3-11)22(26)27)16(41-43(33,34)35)15(38-21)10-37-42(30,31)32;/h2-9,15-18,21H,10H2,1H3,(H,30,31,32)(H,33,34,35);/q;+1/t15-,16-,17+,18-,21-;/m1./s1. The Bertz CT molecular complexity index is 1580. The third-order valence-electron chi connectivity index (χ3n) is 5.55. The molecule has 23 heteroatoms. The minimum absolute atomic E-state index is 0. The number of methoxy groups -OCH3 is 1. The van der Waals surface area contributed by atoms with E-state index >= 15 is 0 Å². The molecular formula is C21H20N2NaO18S2+. The van der Waals surface area contributed by atoms with Crippen LogP contribution >= 0.6 is 0 Å². The van der Waals surface area contributed by atoms with Gasteiger partial charge in [0.1, 0.15) is 12.2 Å². The summed E-state index contributed by atoms with van der Waals surface area (Å²) < 4.78 is 94.0. The summed E-state index contributed by atoms with van der Waals surface area (Å²) in [5.41, 5.74) is -1.43. The van der Waals surface area contributed by atoms with Crippen molar-refractivity contribution in [1.82, 2.24) is 0 Å². The van der Waals surface area contributed by atoms with Gasteiger partial charge in [0.2, 0.25) is 0 Å². The molecule has 20 nitrogen and oxygen atoms in total. The van der Waals surface area contributed by atoms with E-state index < -0.39 is 85.6 Å². The van der Waals surface area contributed by atoms with Crippen LogP contribution in [0, 0.1) is 20.2 Å². The normalized spacial score (nSPS) is 21.8. The van der Waals surface area contributed by atoms with Crippen molar-refractivity contribution in [2.75, 3.05) is 13.7 Å². The molecule has 1 heterocycles. The minimum atomic E-state index is -5.46. The molecule has 234 valence electrons. The maximum absolute atomic E-state index is 13.0. The molecule has 0 saturated carbocycles. The molecule has 0 bridgehead atoms. The molecule has 44 heavy (non-hydrogen) atoms. The van der Waals surface area contributed by atoms with E-state index in [-0.39, 0.29) is 46.4 Å². The molecule has 1 aliphatic rings. The number of carbonyl (C=O) groups is 2. The Hall–Kier alpha value is -3.16. The van der Waals surface area contributed by atoms with Crippen LogP contribution in [0.25, 0.3) is 0 Å². The fourth-order valence-corrected chi connectivity index (χ4v) is 4.51. The summed E-state index contributed by atoms with van der Waals surface area (Å²) in [5, 5.41) is 21.9. The molecule has 0 amide bonds. The Balaban J connectivity index is 0.00000675. The Labute approximate surface area is 269 Å². The largest absolute Gasteiger partial charge is 1.00 e. The van der Waals surface area contributed by atoms with Gasteiger partial charge < -0.3 is 18.9 Å². The number of nitrogens with zero attached hydrogens (tertiary/aromatic N) is 2. The van der Waals surface area contributed by atoms with Gasteiger partial charge in [0.05, 0.1) is 27.6 Å². The van der Waals surface area contributed by atoms with E-state index in [9.17, 15) is 51.2 Å². The topological polar surface area (TPSA) is 285 Å². The second-order valence-electron chi connectivity index (χ2n) is 8.33. The SMILES string of the molecule is CO[C@@H]1O[C@H](COS(=O)(=O)O)[C@@H](OS(=O)(=O)O)[C@H](OC(=O)c2ccc([N+](=O)[O-])cc2)[C@H]1OC(=O)c1ccc([N+](=O)[O-])cc1.[Na+]. The summed E-state index contributed by atoms with van der Waals surface area (Å²) in [7, 11) is -9.65. The van der Waals surface area contributed by atoms with Gasteiger partial charge in [-0.25, -0.2) is 18.0 Å². The van der Waals surface area contributed by atoms with Gasteiger partial charge in [-0.2, -0.15) is 16.8 Å². The van der Waals surface area contributed by atoms with Crippen molar-refractivity contribution in [2.45, 2.75) is 30.7 Å². The molecule has 3 rings (SSSR count). The monoisotopic (exact) mass is 675 g/mol. The van der Waals surface area contributed by atoms with Crippen molar-refractivity contribution in [3.63, 3.8) is 0 Å². The van der Waals surface area contributed by atoms with E-state index in [0.717, 1.165) is 55.6 Å². The molecule has 2 aromatic rings. The number of nitro benzene ring substituents is 2. The van der Waals surface area contributed by atoms with Gasteiger partial charge in [0.15, 0.2) is 18.5 Å². The van der Waals surface area contributed by atoms with Crippen LogP contribution < -0.4 is 29.6 Å². The van der Waals surface area contributed by atoms with Gasteiger partial charge in [0, 0.05) is 31.4 Å². The molecule has 0 radical (unpaired) electrons. The first kappa shape index (κ1) is 37.0. The van der Waals surface area contributed by atoms with Crippen molar-refractivity contribution in [2.24, 2.45) is 0 Å². The Morgan fingerprint density at radius 2 is 1.23 bits per heavy atom. The van der Waals surface area contributed by atoms with Crippen LogP contribution in [-0.2, 0) is 48.1 Å². The average molecular weight is 676 g/mol. The van der Waals surface area contributed by atoms with Gasteiger partial charge in [-0.05, 0) is 24.3 Å². The zero-order valence-electron chi connectivity index (χ0n) is 22.3. The zero-order chi connectivity index (χ0) is 32.1. The molecular weight excluding hydrogens is 655 g/mol. The predicted octanol–water partition coefficient (Wildman–Crippen LogP) is -2.36. The van der Waals surface area contributed by atoms with E-state index in [1.807, 2.05) is 0 Å². The average Bonchev–Trinajstić information content (AvgIpc) is 2.92.